The molecule has 0 aromatic heterocycles. The van der Waals surface area contributed by atoms with Crippen molar-refractivity contribution >= 4 is 62.1 Å². The number of benzene rings is 2. The van der Waals surface area contributed by atoms with Gasteiger partial charge in [-0.05, 0) is 52.0 Å². The lowest BCUT2D eigenvalue weighted by Crippen LogP contribution is -2.19. The summed E-state index contributed by atoms with van der Waals surface area (Å²) in [5.41, 5.74) is 0.953. The van der Waals surface area contributed by atoms with Crippen molar-refractivity contribution < 1.29 is 15.0 Å². The van der Waals surface area contributed by atoms with E-state index in [2.05, 4.69) is 26.2 Å². The molecule has 1 heterocycles. The quantitative estimate of drug-likeness (QED) is 0.623. The molecule has 0 radical (unpaired) electrons. The first-order valence-electron chi connectivity index (χ1n) is 6.69. The lowest BCUT2D eigenvalue weighted by atomic mass is 10.1. The minimum absolute atomic E-state index is 0.0841. The van der Waals surface area contributed by atoms with Crippen molar-refractivity contribution in [1.82, 2.24) is 5.32 Å². The molecule has 0 atom stereocenters. The van der Waals surface area contributed by atoms with E-state index in [9.17, 15) is 15.0 Å². The molecule has 1 aliphatic rings. The third kappa shape index (κ3) is 3.58. The monoisotopic (exact) mass is 424 g/mol. The highest BCUT2D eigenvalue weighted by atomic mass is 79.9. The fourth-order valence-corrected chi connectivity index (χ4v) is 3.32. The van der Waals surface area contributed by atoms with Gasteiger partial charge in [-0.2, -0.15) is 0 Å². The van der Waals surface area contributed by atoms with E-state index in [0.29, 0.717) is 30.8 Å². The van der Waals surface area contributed by atoms with E-state index in [1.54, 1.807) is 24.3 Å². The lowest BCUT2D eigenvalue weighted by Gasteiger charge is -2.03. The number of hydrogen-bond acceptors (Lipinski definition) is 5. The molecule has 122 valence electrons. The molecule has 1 saturated heterocycles. The minimum atomic E-state index is -0.325. The summed E-state index contributed by atoms with van der Waals surface area (Å²) in [5, 5.41) is 22.9. The fourth-order valence-electron chi connectivity index (χ4n) is 1.96. The van der Waals surface area contributed by atoms with Gasteiger partial charge in [-0.1, -0.05) is 23.7 Å². The number of nitrogens with one attached hydrogen (secondary N) is 1. The topological polar surface area (TPSA) is 81.9 Å². The minimum Gasteiger partial charge on any atom is -0.507 e. The largest absolute Gasteiger partial charge is 0.507 e. The zero-order valence-electron chi connectivity index (χ0n) is 12.0. The van der Waals surface area contributed by atoms with E-state index in [0.717, 1.165) is 11.8 Å². The summed E-state index contributed by atoms with van der Waals surface area (Å²) in [4.78, 5) is 16.8. The maximum absolute atomic E-state index is 12.1. The van der Waals surface area contributed by atoms with E-state index in [1.165, 1.54) is 18.2 Å². The van der Waals surface area contributed by atoms with E-state index in [4.69, 9.17) is 11.6 Å². The van der Waals surface area contributed by atoms with Crippen molar-refractivity contribution in [3.63, 3.8) is 0 Å². The number of amides is 1. The first-order valence-corrected chi connectivity index (χ1v) is 8.68. The molecule has 8 heteroatoms. The molecule has 24 heavy (non-hydrogen) atoms. The molecule has 0 spiro atoms. The van der Waals surface area contributed by atoms with Gasteiger partial charge in [-0.3, -0.25) is 4.79 Å². The Bertz CT molecular complexity index is 899. The molecule has 1 fully saturated rings. The molecular formula is C16H10BrClN2O3S. The Labute approximate surface area is 155 Å². The van der Waals surface area contributed by atoms with E-state index in [1.807, 2.05) is 0 Å². The van der Waals surface area contributed by atoms with Gasteiger partial charge in [0.2, 0.25) is 0 Å². The average Bonchev–Trinajstić information content (AvgIpc) is 2.87. The van der Waals surface area contributed by atoms with Crippen LogP contribution < -0.4 is 5.32 Å². The second-order valence-corrected chi connectivity index (χ2v) is 7.09. The number of para-hydroxylation sites is 1. The number of nitrogens with zero attached hydrogens (tertiary/aromatic N) is 1. The highest BCUT2D eigenvalue weighted by molar-refractivity contribution is 9.10. The Balaban J connectivity index is 1.91. The fraction of sp³-hybridized carbons (Fsp3) is 0. The van der Waals surface area contributed by atoms with Crippen LogP contribution in [0.1, 0.15) is 5.56 Å². The highest BCUT2D eigenvalue weighted by Crippen LogP contribution is 2.35. The summed E-state index contributed by atoms with van der Waals surface area (Å²) in [7, 11) is 0. The number of rotatable bonds is 2. The summed E-state index contributed by atoms with van der Waals surface area (Å²) in [6.07, 6.45) is 1.52. The molecule has 3 rings (SSSR count). The molecule has 2 aromatic carbocycles. The maximum atomic E-state index is 12.1. The Morgan fingerprint density at radius 3 is 2.71 bits per heavy atom. The van der Waals surface area contributed by atoms with Crippen LogP contribution >= 0.6 is 39.3 Å². The van der Waals surface area contributed by atoms with Crippen molar-refractivity contribution in [2.75, 3.05) is 0 Å². The molecule has 3 N–H and O–H groups in total. The van der Waals surface area contributed by atoms with Gasteiger partial charge in [0.05, 0.1) is 20.1 Å². The van der Waals surface area contributed by atoms with E-state index in [-0.39, 0.29) is 17.4 Å². The first-order chi connectivity index (χ1) is 11.4. The van der Waals surface area contributed by atoms with Crippen molar-refractivity contribution in [3.8, 4) is 11.5 Å². The summed E-state index contributed by atoms with van der Waals surface area (Å²) >= 11 is 10.4. The molecule has 1 aliphatic heterocycles. The van der Waals surface area contributed by atoms with Crippen LogP contribution in [0.4, 0.5) is 5.69 Å². The van der Waals surface area contributed by atoms with Crippen LogP contribution in [-0.4, -0.2) is 21.3 Å². The first kappa shape index (κ1) is 16.9. The van der Waals surface area contributed by atoms with Gasteiger partial charge in [0.15, 0.2) is 5.17 Å². The number of halogens is 2. The molecular weight excluding hydrogens is 416 g/mol. The van der Waals surface area contributed by atoms with Crippen molar-refractivity contribution in [2.45, 2.75) is 0 Å². The Kier molecular flexibility index (Phi) is 4.84. The third-order valence-electron chi connectivity index (χ3n) is 3.11. The van der Waals surface area contributed by atoms with Crippen LogP contribution in [0.2, 0.25) is 5.02 Å². The van der Waals surface area contributed by atoms with Crippen molar-refractivity contribution in [3.05, 3.63) is 56.4 Å². The van der Waals surface area contributed by atoms with Gasteiger partial charge in [-0.25, -0.2) is 4.99 Å². The Hall–Kier alpha value is -1.96. The van der Waals surface area contributed by atoms with Gasteiger partial charge < -0.3 is 15.5 Å². The number of carbonyl (C=O) groups excluding carboxylic acids is 1. The standard InChI is InChI=1S/C16H10BrClN2O3S/c17-9-5-8(12(21)7-13(9)22)6-14-15(23)20-16(24-14)19-11-4-2-1-3-10(11)18/h1-7,21-22H,(H,19,20,23)/b14-6+. The highest BCUT2D eigenvalue weighted by Gasteiger charge is 2.24. The third-order valence-corrected chi connectivity index (χ3v) is 4.97. The number of amidine groups is 1. The van der Waals surface area contributed by atoms with Gasteiger partial charge in [0.25, 0.3) is 5.91 Å². The average molecular weight is 426 g/mol. The van der Waals surface area contributed by atoms with E-state index >= 15 is 0 Å². The van der Waals surface area contributed by atoms with Crippen LogP contribution in [0.15, 0.2) is 50.8 Å². The van der Waals surface area contributed by atoms with Gasteiger partial charge in [0.1, 0.15) is 11.5 Å². The predicted octanol–water partition coefficient (Wildman–Crippen LogP) is 4.41. The van der Waals surface area contributed by atoms with Gasteiger partial charge in [0, 0.05) is 11.6 Å². The zero-order chi connectivity index (χ0) is 17.3. The van der Waals surface area contributed by atoms with Crippen LogP contribution in [0.3, 0.4) is 0 Å². The number of thioether (sulfide) groups is 1. The lowest BCUT2D eigenvalue weighted by molar-refractivity contribution is -0.115. The Morgan fingerprint density at radius 1 is 1.21 bits per heavy atom. The number of hydrogen-bond donors (Lipinski definition) is 3. The number of phenols is 2. The molecule has 5 nitrogen and oxygen atoms in total. The Morgan fingerprint density at radius 2 is 1.96 bits per heavy atom. The van der Waals surface area contributed by atoms with Gasteiger partial charge >= 0.3 is 0 Å². The van der Waals surface area contributed by atoms with Crippen LogP contribution in [0, 0.1) is 0 Å². The van der Waals surface area contributed by atoms with Crippen molar-refractivity contribution in [1.29, 1.82) is 0 Å². The second kappa shape index (κ2) is 6.88. The van der Waals surface area contributed by atoms with Crippen molar-refractivity contribution in [2.24, 2.45) is 4.99 Å². The maximum Gasteiger partial charge on any atom is 0.264 e. The summed E-state index contributed by atoms with van der Waals surface area (Å²) in [6, 6.07) is 9.78. The molecule has 1 amide bonds. The van der Waals surface area contributed by atoms with Gasteiger partial charge in [-0.15, -0.1) is 0 Å². The van der Waals surface area contributed by atoms with Crippen LogP contribution in [0.25, 0.3) is 6.08 Å². The zero-order valence-corrected chi connectivity index (χ0v) is 15.1. The van der Waals surface area contributed by atoms with Crippen LogP contribution in [-0.2, 0) is 4.79 Å². The molecule has 2 aromatic rings. The second-order valence-electron chi connectivity index (χ2n) is 4.80. The number of carbonyl (C=O) groups is 1. The smallest absolute Gasteiger partial charge is 0.264 e. The summed E-state index contributed by atoms with van der Waals surface area (Å²) < 4.78 is 0.417. The predicted molar refractivity (Wildman–Crippen MR) is 99.7 cm³/mol. The number of phenolic OH excluding ortho intramolecular Hbond substituents is 2. The SMILES string of the molecule is O=C1NC(=Nc2ccccc2Cl)S/C1=C/c1cc(Br)c(O)cc1O. The number of aromatic hydroxyl groups is 2. The summed E-state index contributed by atoms with van der Waals surface area (Å²) in [6.45, 7) is 0. The normalized spacial score (nSPS) is 17.5. The molecule has 0 aliphatic carbocycles. The van der Waals surface area contributed by atoms with Crippen LogP contribution in [0.5, 0.6) is 11.5 Å². The summed E-state index contributed by atoms with van der Waals surface area (Å²) in [5.74, 6) is -0.540. The van der Waals surface area contributed by atoms with E-state index < -0.39 is 0 Å². The molecule has 0 saturated carbocycles. The molecule has 0 bridgehead atoms. The number of aliphatic imine (C=N–C) groups is 1. The molecule has 0 unspecified atom stereocenters.